The van der Waals surface area contributed by atoms with E-state index in [1.54, 1.807) is 0 Å². The van der Waals surface area contributed by atoms with Crippen molar-refractivity contribution in [3.05, 3.63) is 23.3 Å². The van der Waals surface area contributed by atoms with Gasteiger partial charge < -0.3 is 9.47 Å². The number of rotatable bonds is 19. The van der Waals surface area contributed by atoms with Crippen LogP contribution in [0, 0.1) is 0 Å². The molecule has 0 aliphatic carbocycles. The summed E-state index contributed by atoms with van der Waals surface area (Å²) in [6.07, 6.45) is 17.9. The van der Waals surface area contributed by atoms with Crippen LogP contribution in [0.25, 0.3) is 0 Å². The standard InChI is InChI=1S/C26H46O4/c1-5-6-7-14-21-29-25(27)18-12-10-8-9-11-13-19-26(28)30-22-20-24(4)17-15-16-23(2)3/h16,20H,5-15,17-19,21-22H2,1-4H3/b24-20+. The third kappa shape index (κ3) is 21.1. The van der Waals surface area contributed by atoms with Crippen molar-refractivity contribution in [2.45, 2.75) is 118 Å². The van der Waals surface area contributed by atoms with E-state index in [9.17, 15) is 9.59 Å². The molecule has 0 amide bonds. The molecule has 0 N–H and O–H groups in total. The predicted molar refractivity (Wildman–Crippen MR) is 125 cm³/mol. The van der Waals surface area contributed by atoms with Gasteiger partial charge in [-0.05, 0) is 59.0 Å². The molecule has 0 aromatic heterocycles. The van der Waals surface area contributed by atoms with Crippen molar-refractivity contribution in [1.29, 1.82) is 0 Å². The van der Waals surface area contributed by atoms with E-state index in [1.165, 1.54) is 24.0 Å². The molecule has 4 nitrogen and oxygen atoms in total. The number of esters is 2. The van der Waals surface area contributed by atoms with Gasteiger partial charge in [-0.25, -0.2) is 0 Å². The van der Waals surface area contributed by atoms with Gasteiger partial charge in [0.2, 0.25) is 0 Å². The van der Waals surface area contributed by atoms with Crippen LogP contribution < -0.4 is 0 Å². The molecule has 0 fully saturated rings. The Balaban J connectivity index is 3.48. The molecule has 0 saturated heterocycles. The van der Waals surface area contributed by atoms with Crippen LogP contribution in [-0.2, 0) is 19.1 Å². The van der Waals surface area contributed by atoms with Gasteiger partial charge in [-0.1, -0.05) is 69.1 Å². The lowest BCUT2D eigenvalue weighted by molar-refractivity contribution is -0.144. The zero-order valence-corrected chi connectivity index (χ0v) is 20.1. The first-order chi connectivity index (χ1) is 14.5. The van der Waals surface area contributed by atoms with E-state index >= 15 is 0 Å². The lowest BCUT2D eigenvalue weighted by Gasteiger charge is -2.05. The monoisotopic (exact) mass is 422 g/mol. The maximum atomic E-state index is 11.8. The second-order valence-corrected chi connectivity index (χ2v) is 8.46. The number of carbonyl (C=O) groups is 2. The van der Waals surface area contributed by atoms with Crippen molar-refractivity contribution in [2.75, 3.05) is 13.2 Å². The molecule has 0 aromatic carbocycles. The molecule has 0 aromatic rings. The summed E-state index contributed by atoms with van der Waals surface area (Å²) in [6.45, 7) is 9.42. The molecule has 0 bridgehead atoms. The van der Waals surface area contributed by atoms with Gasteiger partial charge in [-0.3, -0.25) is 9.59 Å². The van der Waals surface area contributed by atoms with Crippen LogP contribution in [0.1, 0.15) is 118 Å². The third-order valence-electron chi connectivity index (χ3n) is 5.04. The summed E-state index contributed by atoms with van der Waals surface area (Å²) in [4.78, 5) is 23.4. The number of hydrogen-bond acceptors (Lipinski definition) is 4. The molecule has 0 spiro atoms. The highest BCUT2D eigenvalue weighted by atomic mass is 16.5. The second kappa shape index (κ2) is 20.7. The van der Waals surface area contributed by atoms with Crippen molar-refractivity contribution in [3.8, 4) is 0 Å². The first-order valence-corrected chi connectivity index (χ1v) is 12.1. The van der Waals surface area contributed by atoms with Crippen LogP contribution in [0.4, 0.5) is 0 Å². The van der Waals surface area contributed by atoms with E-state index in [1.807, 2.05) is 6.08 Å². The van der Waals surface area contributed by atoms with E-state index < -0.39 is 0 Å². The van der Waals surface area contributed by atoms with Crippen molar-refractivity contribution in [2.24, 2.45) is 0 Å². The van der Waals surface area contributed by atoms with Crippen molar-refractivity contribution in [1.82, 2.24) is 0 Å². The van der Waals surface area contributed by atoms with Crippen molar-refractivity contribution in [3.63, 3.8) is 0 Å². The van der Waals surface area contributed by atoms with Gasteiger partial charge in [0.25, 0.3) is 0 Å². The summed E-state index contributed by atoms with van der Waals surface area (Å²) in [5.74, 6) is -0.166. The largest absolute Gasteiger partial charge is 0.466 e. The molecule has 30 heavy (non-hydrogen) atoms. The van der Waals surface area contributed by atoms with Gasteiger partial charge >= 0.3 is 11.9 Å². The molecule has 0 heterocycles. The molecule has 0 aliphatic rings. The van der Waals surface area contributed by atoms with Gasteiger partial charge in [0, 0.05) is 12.8 Å². The SMILES string of the molecule is CCCCCCOC(=O)CCCCCCCCC(=O)OC/C=C(\C)CCC=C(C)C. The van der Waals surface area contributed by atoms with E-state index in [-0.39, 0.29) is 11.9 Å². The Hall–Kier alpha value is -1.58. The Morgan fingerprint density at radius 1 is 0.667 bits per heavy atom. The van der Waals surface area contributed by atoms with Gasteiger partial charge in [-0.15, -0.1) is 0 Å². The van der Waals surface area contributed by atoms with Crippen LogP contribution in [0.3, 0.4) is 0 Å². The highest BCUT2D eigenvalue weighted by Gasteiger charge is 2.04. The minimum Gasteiger partial charge on any atom is -0.466 e. The maximum absolute atomic E-state index is 11.8. The topological polar surface area (TPSA) is 52.6 Å². The van der Waals surface area contributed by atoms with Gasteiger partial charge in [0.05, 0.1) is 6.61 Å². The molecule has 0 rings (SSSR count). The van der Waals surface area contributed by atoms with Crippen LogP contribution in [0.5, 0.6) is 0 Å². The lowest BCUT2D eigenvalue weighted by Crippen LogP contribution is -2.05. The number of allylic oxidation sites excluding steroid dienone is 3. The Morgan fingerprint density at radius 2 is 1.23 bits per heavy atom. The molecule has 174 valence electrons. The third-order valence-corrected chi connectivity index (χ3v) is 5.04. The Bertz CT molecular complexity index is 501. The molecule has 0 aliphatic heterocycles. The number of carbonyl (C=O) groups excluding carboxylic acids is 2. The molecule has 0 atom stereocenters. The minimum absolute atomic E-state index is 0.0597. The molecular formula is C26H46O4. The van der Waals surface area contributed by atoms with E-state index in [2.05, 4.69) is 33.8 Å². The first-order valence-electron chi connectivity index (χ1n) is 12.1. The maximum Gasteiger partial charge on any atom is 0.306 e. The number of hydrogen-bond donors (Lipinski definition) is 0. The van der Waals surface area contributed by atoms with E-state index in [4.69, 9.17) is 9.47 Å². The fraction of sp³-hybridized carbons (Fsp3) is 0.769. The van der Waals surface area contributed by atoms with Crippen LogP contribution >= 0.6 is 0 Å². The number of ether oxygens (including phenoxy) is 2. The van der Waals surface area contributed by atoms with E-state index in [0.29, 0.717) is 26.1 Å². The fourth-order valence-electron chi connectivity index (χ4n) is 3.07. The predicted octanol–water partition coefficient (Wildman–Crippen LogP) is 7.47. The fourth-order valence-corrected chi connectivity index (χ4v) is 3.07. The Labute approximate surface area is 185 Å². The highest BCUT2D eigenvalue weighted by molar-refractivity contribution is 5.69. The molecule has 0 radical (unpaired) electrons. The Kier molecular flexibility index (Phi) is 19.6. The van der Waals surface area contributed by atoms with Crippen molar-refractivity contribution >= 4 is 11.9 Å². The summed E-state index contributed by atoms with van der Waals surface area (Å²) in [5, 5.41) is 0. The summed E-state index contributed by atoms with van der Waals surface area (Å²) < 4.78 is 10.5. The summed E-state index contributed by atoms with van der Waals surface area (Å²) >= 11 is 0. The smallest absolute Gasteiger partial charge is 0.306 e. The first kappa shape index (κ1) is 28.4. The second-order valence-electron chi connectivity index (χ2n) is 8.46. The average molecular weight is 423 g/mol. The van der Waals surface area contributed by atoms with Crippen LogP contribution in [0.15, 0.2) is 23.3 Å². The highest BCUT2D eigenvalue weighted by Crippen LogP contribution is 2.10. The minimum atomic E-state index is -0.106. The quantitative estimate of drug-likeness (QED) is 0.123. The Morgan fingerprint density at radius 3 is 1.83 bits per heavy atom. The molecule has 0 saturated carbocycles. The van der Waals surface area contributed by atoms with Crippen LogP contribution in [0.2, 0.25) is 0 Å². The normalized spacial score (nSPS) is 11.3. The summed E-state index contributed by atoms with van der Waals surface area (Å²) in [5.41, 5.74) is 2.60. The summed E-state index contributed by atoms with van der Waals surface area (Å²) in [6, 6.07) is 0. The summed E-state index contributed by atoms with van der Waals surface area (Å²) in [7, 11) is 0. The number of unbranched alkanes of at least 4 members (excludes halogenated alkanes) is 8. The van der Waals surface area contributed by atoms with Gasteiger partial charge in [0.15, 0.2) is 0 Å². The average Bonchev–Trinajstić information content (AvgIpc) is 2.69. The van der Waals surface area contributed by atoms with E-state index in [0.717, 1.165) is 64.2 Å². The van der Waals surface area contributed by atoms with Crippen molar-refractivity contribution < 1.29 is 19.1 Å². The zero-order valence-electron chi connectivity index (χ0n) is 20.1. The van der Waals surface area contributed by atoms with Gasteiger partial charge in [-0.2, -0.15) is 0 Å². The van der Waals surface area contributed by atoms with Crippen LogP contribution in [-0.4, -0.2) is 25.2 Å². The van der Waals surface area contributed by atoms with Gasteiger partial charge in [0.1, 0.15) is 6.61 Å². The lowest BCUT2D eigenvalue weighted by atomic mass is 10.1. The zero-order chi connectivity index (χ0) is 22.5. The molecule has 4 heteroatoms. The molecule has 0 unspecified atom stereocenters. The molecular weight excluding hydrogens is 376 g/mol.